The standard InChI is InChI=1S/C53H32N6/c1-3-14-34(15-4-1)49-41-26-23-33-13-7-8-18-38(33)50(41)56-53(55-49)59-45-21-11-9-19-39(45)42-31-35(25-28-47(42)59)36-24-27-46-43(32-36)40-29-30-57-48-22-12-10-20-44(48)54-52(57)51(40)58(46)37-16-5-2-6-17-37/h1-32H. The van der Waals surface area contributed by atoms with Gasteiger partial charge in [0.05, 0.1) is 44.3 Å². The third kappa shape index (κ3) is 4.65. The van der Waals surface area contributed by atoms with Crippen molar-refractivity contribution in [2.24, 2.45) is 0 Å². The predicted octanol–water partition coefficient (Wildman–Crippen LogP) is 13.1. The third-order valence-corrected chi connectivity index (χ3v) is 12.1. The van der Waals surface area contributed by atoms with Crippen LogP contribution in [-0.4, -0.2) is 28.5 Å². The fraction of sp³-hybridized carbons (Fsp3) is 0. The summed E-state index contributed by atoms with van der Waals surface area (Å²) >= 11 is 0. The highest BCUT2D eigenvalue weighted by atomic mass is 15.2. The van der Waals surface area contributed by atoms with Crippen molar-refractivity contribution < 1.29 is 0 Å². The van der Waals surface area contributed by atoms with E-state index in [0.717, 1.165) is 99.3 Å². The predicted molar refractivity (Wildman–Crippen MR) is 243 cm³/mol. The van der Waals surface area contributed by atoms with E-state index in [0.29, 0.717) is 5.95 Å². The Morgan fingerprint density at radius 1 is 0.373 bits per heavy atom. The largest absolute Gasteiger partial charge is 0.306 e. The summed E-state index contributed by atoms with van der Waals surface area (Å²) in [5, 5.41) is 7.96. The SMILES string of the molecule is c1ccc(-c2nc(-n3c4ccccc4c4cc(-c5ccc6c(c5)c5ccn7c8ccccc8nc7c5n6-c5ccccc5)ccc43)nc3c2ccc2ccccc23)cc1. The molecule has 13 rings (SSSR count). The van der Waals surface area contributed by atoms with E-state index in [1.807, 2.05) is 6.07 Å². The molecule has 13 aromatic rings. The van der Waals surface area contributed by atoms with Crippen LogP contribution in [-0.2, 0) is 0 Å². The van der Waals surface area contributed by atoms with Crippen LogP contribution in [0.5, 0.6) is 0 Å². The number of hydrogen-bond acceptors (Lipinski definition) is 3. The molecule has 274 valence electrons. The fourth-order valence-electron chi connectivity index (χ4n) is 9.38. The zero-order valence-electron chi connectivity index (χ0n) is 31.7. The molecular weight excluding hydrogens is 721 g/mol. The first kappa shape index (κ1) is 32.0. The van der Waals surface area contributed by atoms with E-state index in [2.05, 4.69) is 202 Å². The van der Waals surface area contributed by atoms with Gasteiger partial charge in [-0.05, 0) is 83.2 Å². The molecule has 59 heavy (non-hydrogen) atoms. The van der Waals surface area contributed by atoms with Crippen LogP contribution in [0, 0.1) is 0 Å². The molecule has 0 aliphatic heterocycles. The molecule has 0 N–H and O–H groups in total. The zero-order chi connectivity index (χ0) is 38.6. The van der Waals surface area contributed by atoms with Gasteiger partial charge in [0.2, 0.25) is 5.95 Å². The maximum Gasteiger partial charge on any atom is 0.235 e. The van der Waals surface area contributed by atoms with Gasteiger partial charge in [-0.25, -0.2) is 15.0 Å². The average Bonchev–Trinajstić information content (AvgIpc) is 3.96. The van der Waals surface area contributed by atoms with Gasteiger partial charge in [-0.15, -0.1) is 0 Å². The Kier molecular flexibility index (Phi) is 6.63. The molecular formula is C53H32N6. The van der Waals surface area contributed by atoms with Crippen LogP contribution in [0.4, 0.5) is 0 Å². The van der Waals surface area contributed by atoms with Gasteiger partial charge in [0, 0.05) is 49.8 Å². The number of hydrogen-bond donors (Lipinski definition) is 0. The Morgan fingerprint density at radius 2 is 1.02 bits per heavy atom. The minimum absolute atomic E-state index is 0.653. The van der Waals surface area contributed by atoms with Crippen LogP contribution in [0.1, 0.15) is 0 Å². The topological polar surface area (TPSA) is 52.9 Å². The maximum absolute atomic E-state index is 5.38. The first-order chi connectivity index (χ1) is 29.3. The molecule has 8 aromatic carbocycles. The van der Waals surface area contributed by atoms with Crippen molar-refractivity contribution in [2.45, 2.75) is 0 Å². The average molecular weight is 753 g/mol. The molecule has 6 nitrogen and oxygen atoms in total. The van der Waals surface area contributed by atoms with Gasteiger partial charge in [0.1, 0.15) is 0 Å². The molecule has 0 saturated heterocycles. The van der Waals surface area contributed by atoms with E-state index in [1.54, 1.807) is 0 Å². The van der Waals surface area contributed by atoms with Gasteiger partial charge in [-0.2, -0.15) is 0 Å². The molecule has 0 bridgehead atoms. The monoisotopic (exact) mass is 752 g/mol. The maximum atomic E-state index is 5.38. The molecule has 0 aliphatic rings. The second-order valence-electron chi connectivity index (χ2n) is 15.3. The van der Waals surface area contributed by atoms with Gasteiger partial charge in [-0.3, -0.25) is 8.97 Å². The Morgan fingerprint density at radius 3 is 1.83 bits per heavy atom. The smallest absolute Gasteiger partial charge is 0.235 e. The fourth-order valence-corrected chi connectivity index (χ4v) is 9.38. The number of para-hydroxylation sites is 4. The number of fused-ring (bicyclic) bond motifs is 13. The van der Waals surface area contributed by atoms with E-state index in [9.17, 15) is 0 Å². The molecule has 0 spiro atoms. The van der Waals surface area contributed by atoms with Crippen molar-refractivity contribution in [1.82, 2.24) is 28.5 Å². The Bertz CT molecular complexity index is 3840. The Balaban J connectivity index is 1.04. The molecule has 0 aliphatic carbocycles. The van der Waals surface area contributed by atoms with Gasteiger partial charge in [-0.1, -0.05) is 121 Å². The van der Waals surface area contributed by atoms with Crippen molar-refractivity contribution in [3.63, 3.8) is 0 Å². The van der Waals surface area contributed by atoms with Crippen LogP contribution in [0.15, 0.2) is 194 Å². The molecule has 6 heteroatoms. The number of imidazole rings is 1. The summed E-state index contributed by atoms with van der Waals surface area (Å²) < 4.78 is 6.81. The van der Waals surface area contributed by atoms with Crippen LogP contribution in [0.2, 0.25) is 0 Å². The summed E-state index contributed by atoms with van der Waals surface area (Å²) in [7, 11) is 0. The molecule has 0 radical (unpaired) electrons. The van der Waals surface area contributed by atoms with E-state index < -0.39 is 0 Å². The quantitative estimate of drug-likeness (QED) is 0.168. The summed E-state index contributed by atoms with van der Waals surface area (Å²) in [6, 6.07) is 66.8. The highest BCUT2D eigenvalue weighted by molar-refractivity contribution is 6.16. The number of benzene rings is 8. The summed E-state index contributed by atoms with van der Waals surface area (Å²) in [6.07, 6.45) is 2.16. The summed E-state index contributed by atoms with van der Waals surface area (Å²) in [5.74, 6) is 0.653. The lowest BCUT2D eigenvalue weighted by molar-refractivity contribution is 1.02. The molecule has 0 amide bonds. The van der Waals surface area contributed by atoms with E-state index >= 15 is 0 Å². The first-order valence-electron chi connectivity index (χ1n) is 20.0. The lowest BCUT2D eigenvalue weighted by Crippen LogP contribution is -2.03. The van der Waals surface area contributed by atoms with Gasteiger partial charge < -0.3 is 4.57 Å². The minimum atomic E-state index is 0.653. The summed E-state index contributed by atoms with van der Waals surface area (Å²) in [4.78, 5) is 15.9. The second kappa shape index (κ2) is 12.2. The molecule has 5 aromatic heterocycles. The van der Waals surface area contributed by atoms with Crippen molar-refractivity contribution in [2.75, 3.05) is 0 Å². The highest BCUT2D eigenvalue weighted by Gasteiger charge is 2.21. The van der Waals surface area contributed by atoms with Gasteiger partial charge >= 0.3 is 0 Å². The summed E-state index contributed by atoms with van der Waals surface area (Å²) in [6.45, 7) is 0. The van der Waals surface area contributed by atoms with E-state index in [4.69, 9.17) is 15.0 Å². The third-order valence-electron chi connectivity index (χ3n) is 12.1. The van der Waals surface area contributed by atoms with Crippen LogP contribution in [0.3, 0.4) is 0 Å². The van der Waals surface area contributed by atoms with E-state index in [1.165, 1.54) is 10.8 Å². The second-order valence-corrected chi connectivity index (χ2v) is 15.3. The zero-order valence-corrected chi connectivity index (χ0v) is 31.7. The van der Waals surface area contributed by atoms with Crippen molar-refractivity contribution >= 4 is 82.0 Å². The number of nitrogens with zero attached hydrogens (tertiary/aromatic N) is 6. The van der Waals surface area contributed by atoms with Crippen molar-refractivity contribution in [3.05, 3.63) is 194 Å². The van der Waals surface area contributed by atoms with Crippen molar-refractivity contribution in [3.8, 4) is 34.0 Å². The minimum Gasteiger partial charge on any atom is -0.306 e. The van der Waals surface area contributed by atoms with Gasteiger partial charge in [0.25, 0.3) is 0 Å². The lowest BCUT2D eigenvalue weighted by atomic mass is 10.0. The molecule has 0 saturated carbocycles. The Labute approximate surface area is 337 Å². The molecule has 0 atom stereocenters. The molecule has 5 heterocycles. The van der Waals surface area contributed by atoms with Crippen LogP contribution in [0.25, 0.3) is 116 Å². The number of rotatable bonds is 4. The molecule has 0 fully saturated rings. The number of aromatic nitrogens is 6. The van der Waals surface area contributed by atoms with Crippen LogP contribution >= 0.6 is 0 Å². The lowest BCUT2D eigenvalue weighted by Gasteiger charge is -2.13. The normalized spacial score (nSPS) is 12.1. The summed E-state index contributed by atoms with van der Waals surface area (Å²) in [5.41, 5.74) is 13.7. The molecule has 0 unspecified atom stereocenters. The van der Waals surface area contributed by atoms with Crippen molar-refractivity contribution in [1.29, 1.82) is 0 Å². The van der Waals surface area contributed by atoms with Crippen LogP contribution < -0.4 is 0 Å². The highest BCUT2D eigenvalue weighted by Crippen LogP contribution is 2.40. The van der Waals surface area contributed by atoms with Gasteiger partial charge in [0.15, 0.2) is 5.65 Å². The van der Waals surface area contributed by atoms with E-state index in [-0.39, 0.29) is 0 Å². The number of pyridine rings is 1. The Hall–Kier alpha value is -8.09. The first-order valence-corrected chi connectivity index (χ1v) is 20.0.